The molecule has 1 amide bonds. The zero-order valence-electron chi connectivity index (χ0n) is 13.6. The van der Waals surface area contributed by atoms with Crippen LogP contribution in [0.2, 0.25) is 0 Å². The lowest BCUT2D eigenvalue weighted by atomic mass is 9.60. The van der Waals surface area contributed by atoms with Gasteiger partial charge in [0.1, 0.15) is 0 Å². The van der Waals surface area contributed by atoms with Crippen molar-refractivity contribution in [2.45, 2.75) is 44.1 Å². The third-order valence-electron chi connectivity index (χ3n) is 5.31. The summed E-state index contributed by atoms with van der Waals surface area (Å²) < 4.78 is 82.8. The summed E-state index contributed by atoms with van der Waals surface area (Å²) in [6.07, 6.45) is -7.01. The minimum atomic E-state index is -4.98. The summed E-state index contributed by atoms with van der Waals surface area (Å²) in [5, 5.41) is 2.62. The van der Waals surface area contributed by atoms with E-state index in [-0.39, 0.29) is 17.5 Å². The van der Waals surface area contributed by atoms with Gasteiger partial charge in [-0.15, -0.1) is 0 Å². The largest absolute Gasteiger partial charge is 0.416 e. The Kier molecular flexibility index (Phi) is 4.71. The normalized spacial score (nSPS) is 22.8. The maximum Gasteiger partial charge on any atom is 0.416 e. The molecule has 1 N–H and O–H groups in total. The Morgan fingerprint density at radius 2 is 1.50 bits per heavy atom. The number of hydrogen-bond donors (Lipinski definition) is 1. The first-order valence-corrected chi connectivity index (χ1v) is 8.19. The molecule has 1 heterocycles. The Morgan fingerprint density at radius 3 is 1.92 bits per heavy atom. The third-order valence-corrected chi connectivity index (χ3v) is 5.31. The number of nitrogens with one attached hydrogen (secondary N) is 1. The van der Waals surface area contributed by atoms with E-state index in [1.165, 1.54) is 0 Å². The molecule has 1 unspecified atom stereocenters. The summed E-state index contributed by atoms with van der Waals surface area (Å²) in [7, 11) is 0. The summed E-state index contributed by atoms with van der Waals surface area (Å²) in [6.45, 7) is 1.07. The van der Waals surface area contributed by atoms with Crippen LogP contribution < -0.4 is 5.32 Å². The van der Waals surface area contributed by atoms with Crippen molar-refractivity contribution in [2.24, 2.45) is 5.41 Å². The molecule has 1 aromatic rings. The number of hydrogen-bond acceptors (Lipinski definition) is 2. The lowest BCUT2D eigenvalue weighted by Gasteiger charge is -2.52. The van der Waals surface area contributed by atoms with Gasteiger partial charge < -0.3 is 10.1 Å². The quantitative estimate of drug-likeness (QED) is 0.771. The maximum absolute atomic E-state index is 12.9. The number of carbonyl (C=O) groups excluding carboxylic acids is 1. The highest BCUT2D eigenvalue weighted by Gasteiger charge is 2.48. The zero-order chi connectivity index (χ0) is 19.2. The predicted molar refractivity (Wildman–Crippen MR) is 79.4 cm³/mol. The topological polar surface area (TPSA) is 38.3 Å². The molecule has 1 aliphatic heterocycles. The van der Waals surface area contributed by atoms with Gasteiger partial charge in [-0.3, -0.25) is 4.79 Å². The van der Waals surface area contributed by atoms with Crippen LogP contribution in [-0.4, -0.2) is 25.2 Å². The van der Waals surface area contributed by atoms with Crippen molar-refractivity contribution in [3.63, 3.8) is 0 Å². The summed E-state index contributed by atoms with van der Waals surface area (Å²) in [5.41, 5.74) is -3.79. The maximum atomic E-state index is 12.9. The molecule has 3 rings (SSSR count). The number of benzene rings is 1. The van der Waals surface area contributed by atoms with Gasteiger partial charge in [0.05, 0.1) is 11.1 Å². The van der Waals surface area contributed by atoms with Crippen LogP contribution >= 0.6 is 0 Å². The number of halogens is 6. The molecule has 1 atom stereocenters. The van der Waals surface area contributed by atoms with Crippen molar-refractivity contribution in [3.8, 4) is 0 Å². The van der Waals surface area contributed by atoms with Gasteiger partial charge in [-0.2, -0.15) is 26.3 Å². The molecule has 3 nitrogen and oxygen atoms in total. The average molecular weight is 381 g/mol. The van der Waals surface area contributed by atoms with Gasteiger partial charge in [-0.05, 0) is 49.3 Å². The minimum Gasteiger partial charge on any atom is -0.381 e. The summed E-state index contributed by atoms with van der Waals surface area (Å²) in [5.74, 6) is -0.919. The van der Waals surface area contributed by atoms with Crippen LogP contribution in [0.1, 0.15) is 47.2 Å². The second kappa shape index (κ2) is 6.44. The molecule has 1 aliphatic carbocycles. The fourth-order valence-electron chi connectivity index (χ4n) is 3.63. The SMILES string of the molecule is O=C(NC1CCC12CCOCC2)c1cc(C(F)(F)F)cc(C(F)(F)F)c1. The van der Waals surface area contributed by atoms with Gasteiger partial charge in [0.2, 0.25) is 0 Å². The molecule has 144 valence electrons. The van der Waals surface area contributed by atoms with E-state index >= 15 is 0 Å². The van der Waals surface area contributed by atoms with Crippen LogP contribution in [-0.2, 0) is 17.1 Å². The molecule has 0 bridgehead atoms. The highest BCUT2D eigenvalue weighted by Crippen LogP contribution is 2.48. The first-order valence-electron chi connectivity index (χ1n) is 8.19. The lowest BCUT2D eigenvalue weighted by molar-refractivity contribution is -0.143. The molecular formula is C17H17F6NO2. The molecule has 2 aliphatic rings. The first-order chi connectivity index (χ1) is 12.0. The van der Waals surface area contributed by atoms with E-state index in [0.29, 0.717) is 44.6 Å². The van der Waals surface area contributed by atoms with Crippen molar-refractivity contribution in [1.29, 1.82) is 0 Å². The molecular weight excluding hydrogens is 364 g/mol. The van der Waals surface area contributed by atoms with Crippen LogP contribution in [0.4, 0.5) is 26.3 Å². The molecule has 0 aromatic heterocycles. The Hall–Kier alpha value is -1.77. The summed E-state index contributed by atoms with van der Waals surface area (Å²) in [4.78, 5) is 12.4. The molecule has 1 spiro atoms. The molecule has 9 heteroatoms. The zero-order valence-corrected chi connectivity index (χ0v) is 13.6. The van der Waals surface area contributed by atoms with E-state index in [2.05, 4.69) is 5.32 Å². The van der Waals surface area contributed by atoms with Gasteiger partial charge in [-0.1, -0.05) is 0 Å². The molecule has 26 heavy (non-hydrogen) atoms. The highest BCUT2D eigenvalue weighted by atomic mass is 19.4. The fraction of sp³-hybridized carbons (Fsp3) is 0.588. The molecule has 1 saturated heterocycles. The smallest absolute Gasteiger partial charge is 0.381 e. The standard InChI is InChI=1S/C17H17F6NO2/c18-16(19,20)11-7-10(8-12(9-11)17(21,22)23)14(25)24-13-1-2-15(13)3-5-26-6-4-15/h7-9,13H,1-6H2,(H,24,25). The second-order valence-electron chi connectivity index (χ2n) is 6.83. The molecule has 2 fully saturated rings. The van der Waals surface area contributed by atoms with Gasteiger partial charge in [0.15, 0.2) is 0 Å². The van der Waals surface area contributed by atoms with Crippen LogP contribution in [0, 0.1) is 5.41 Å². The van der Waals surface area contributed by atoms with E-state index < -0.39 is 35.0 Å². The Balaban J connectivity index is 1.84. The fourth-order valence-corrected chi connectivity index (χ4v) is 3.63. The average Bonchev–Trinajstić information content (AvgIpc) is 2.57. The van der Waals surface area contributed by atoms with Crippen LogP contribution in [0.25, 0.3) is 0 Å². The Labute approximate surface area is 145 Å². The predicted octanol–water partition coefficient (Wildman–Crippen LogP) is 4.41. The minimum absolute atomic E-state index is 0.0140. The second-order valence-corrected chi connectivity index (χ2v) is 6.83. The number of alkyl halides is 6. The molecule has 1 saturated carbocycles. The lowest BCUT2D eigenvalue weighted by Crippen LogP contribution is -2.57. The van der Waals surface area contributed by atoms with Crippen molar-refractivity contribution >= 4 is 5.91 Å². The van der Waals surface area contributed by atoms with Crippen molar-refractivity contribution in [3.05, 3.63) is 34.9 Å². The Bertz CT molecular complexity index is 659. The van der Waals surface area contributed by atoms with E-state index in [1.54, 1.807) is 0 Å². The highest BCUT2D eigenvalue weighted by molar-refractivity contribution is 5.95. The van der Waals surface area contributed by atoms with E-state index in [9.17, 15) is 31.1 Å². The number of rotatable bonds is 2. The van der Waals surface area contributed by atoms with Crippen molar-refractivity contribution < 1.29 is 35.9 Å². The van der Waals surface area contributed by atoms with Gasteiger partial charge in [0.25, 0.3) is 5.91 Å². The van der Waals surface area contributed by atoms with Crippen molar-refractivity contribution in [2.75, 3.05) is 13.2 Å². The molecule has 1 aromatic carbocycles. The monoisotopic (exact) mass is 381 g/mol. The summed E-state index contributed by atoms with van der Waals surface area (Å²) in [6, 6.07) is 0.669. The molecule has 0 radical (unpaired) electrons. The van der Waals surface area contributed by atoms with Crippen LogP contribution in [0.5, 0.6) is 0 Å². The third kappa shape index (κ3) is 3.67. The van der Waals surface area contributed by atoms with Crippen LogP contribution in [0.3, 0.4) is 0 Å². The van der Waals surface area contributed by atoms with E-state index in [4.69, 9.17) is 4.74 Å². The Morgan fingerprint density at radius 1 is 0.962 bits per heavy atom. The van der Waals surface area contributed by atoms with Crippen LogP contribution in [0.15, 0.2) is 18.2 Å². The number of ether oxygens (including phenoxy) is 1. The number of amides is 1. The van der Waals surface area contributed by atoms with Gasteiger partial charge in [0, 0.05) is 24.8 Å². The van der Waals surface area contributed by atoms with E-state index in [1.807, 2.05) is 0 Å². The van der Waals surface area contributed by atoms with E-state index in [0.717, 1.165) is 6.42 Å². The first kappa shape index (κ1) is 19.0. The van der Waals surface area contributed by atoms with Gasteiger partial charge >= 0.3 is 12.4 Å². The number of carbonyl (C=O) groups is 1. The summed E-state index contributed by atoms with van der Waals surface area (Å²) >= 11 is 0. The van der Waals surface area contributed by atoms with Crippen molar-refractivity contribution in [1.82, 2.24) is 5.32 Å². The van der Waals surface area contributed by atoms with Gasteiger partial charge in [-0.25, -0.2) is 0 Å².